The van der Waals surface area contributed by atoms with E-state index < -0.39 is 11.6 Å². The fourth-order valence-electron chi connectivity index (χ4n) is 5.60. The van der Waals surface area contributed by atoms with Gasteiger partial charge in [-0.05, 0) is 86.1 Å². The Balaban J connectivity index is 1.48. The molecule has 194 valence electrons. The number of aliphatic hydroxyl groups is 1. The minimum atomic E-state index is -0.963. The summed E-state index contributed by atoms with van der Waals surface area (Å²) in [5.74, 6) is -0.788. The first kappa shape index (κ1) is 25.4. The normalized spacial score (nSPS) is 23.7. The molecule has 3 saturated carbocycles. The number of aromatic nitrogens is 1. The molecule has 1 aromatic carbocycles. The third kappa shape index (κ3) is 5.37. The summed E-state index contributed by atoms with van der Waals surface area (Å²) in [6, 6.07) is 6.35. The van der Waals surface area contributed by atoms with E-state index in [1.165, 1.54) is 49.0 Å². The molecule has 5 rings (SSSR count). The monoisotopic (exact) mass is 510 g/mol. The van der Waals surface area contributed by atoms with Crippen LogP contribution in [0.4, 0.5) is 0 Å². The number of carboxylic acids is 1. The third-order valence-electron chi connectivity index (χ3n) is 8.52. The van der Waals surface area contributed by atoms with Crippen LogP contribution in [0.25, 0.3) is 10.4 Å². The van der Waals surface area contributed by atoms with Crippen LogP contribution in [-0.4, -0.2) is 33.1 Å². The summed E-state index contributed by atoms with van der Waals surface area (Å²) in [5.41, 5.74) is 3.34. The van der Waals surface area contributed by atoms with Gasteiger partial charge in [-0.3, -0.25) is 9.59 Å². The molecule has 2 aromatic rings. The van der Waals surface area contributed by atoms with E-state index in [0.29, 0.717) is 23.8 Å². The third-order valence-corrected chi connectivity index (χ3v) is 9.66. The smallest absolute Gasteiger partial charge is 0.306 e. The van der Waals surface area contributed by atoms with Gasteiger partial charge in [0.2, 0.25) is 0 Å². The first-order valence-electron chi connectivity index (χ1n) is 13.4. The lowest BCUT2D eigenvalue weighted by Crippen LogP contribution is -2.46. The number of nitrogens with zero attached hydrogens (tertiary/aromatic N) is 1. The number of carboxylic acid groups (broad SMARTS) is 1. The fraction of sp³-hybridized carbons (Fsp3) is 0.621. The van der Waals surface area contributed by atoms with Crippen molar-refractivity contribution in [2.24, 2.45) is 11.8 Å². The Morgan fingerprint density at radius 2 is 1.83 bits per heavy atom. The van der Waals surface area contributed by atoms with Gasteiger partial charge in [0.05, 0.1) is 22.1 Å². The number of hydrogen-bond acceptors (Lipinski definition) is 5. The average molecular weight is 511 g/mol. The highest BCUT2D eigenvalue weighted by Crippen LogP contribution is 2.49. The predicted octanol–water partition coefficient (Wildman–Crippen LogP) is 5.80. The lowest BCUT2D eigenvalue weighted by Gasteiger charge is -2.32. The van der Waals surface area contributed by atoms with Gasteiger partial charge >= 0.3 is 5.97 Å². The molecule has 0 unspecified atom stereocenters. The molecule has 7 heteroatoms. The molecule has 36 heavy (non-hydrogen) atoms. The van der Waals surface area contributed by atoms with Crippen LogP contribution in [0.1, 0.15) is 105 Å². The van der Waals surface area contributed by atoms with E-state index >= 15 is 0 Å². The number of nitrogens with one attached hydrogen (secondary N) is 1. The number of amides is 1. The first-order valence-corrected chi connectivity index (χ1v) is 14.3. The molecule has 0 saturated heterocycles. The van der Waals surface area contributed by atoms with E-state index in [4.69, 9.17) is 10.1 Å². The second kappa shape index (κ2) is 9.56. The standard InChI is InChI=1S/C29H38N2O4S/c1-28(2,35)20-12-18(13-21(16-20)29(3)9-10-29)24-23(11-17-7-5-4-6-8-17)31-26(36-24)25(32)30-22-14-19(15-22)27(33)34/h12-13,16-17,19,22,35H,4-11,14-15H2,1-3H3,(H,30,32)(H,33,34)/t19-,22+. The number of aliphatic carboxylic acids is 1. The van der Waals surface area contributed by atoms with Gasteiger partial charge < -0.3 is 15.5 Å². The van der Waals surface area contributed by atoms with Gasteiger partial charge in [0.1, 0.15) is 0 Å². The summed E-state index contributed by atoms with van der Waals surface area (Å²) >= 11 is 1.43. The summed E-state index contributed by atoms with van der Waals surface area (Å²) < 4.78 is 0. The molecule has 0 atom stereocenters. The Hall–Kier alpha value is -2.25. The minimum absolute atomic E-state index is 0.104. The van der Waals surface area contributed by atoms with Crippen molar-refractivity contribution < 1.29 is 19.8 Å². The maximum Gasteiger partial charge on any atom is 0.306 e. The molecule has 6 nitrogen and oxygen atoms in total. The summed E-state index contributed by atoms with van der Waals surface area (Å²) in [5, 5.41) is 23.5. The lowest BCUT2D eigenvalue weighted by atomic mass is 9.80. The Bertz CT molecular complexity index is 1130. The van der Waals surface area contributed by atoms with E-state index in [-0.39, 0.29) is 23.3 Å². The second-order valence-corrected chi connectivity index (χ2v) is 13.1. The van der Waals surface area contributed by atoms with Crippen molar-refractivity contribution in [3.05, 3.63) is 40.0 Å². The zero-order valence-corrected chi connectivity index (χ0v) is 22.4. The van der Waals surface area contributed by atoms with Crippen molar-refractivity contribution in [3.63, 3.8) is 0 Å². The van der Waals surface area contributed by atoms with E-state index in [1.807, 2.05) is 13.8 Å². The maximum absolute atomic E-state index is 13.1. The van der Waals surface area contributed by atoms with E-state index in [0.717, 1.165) is 41.0 Å². The highest BCUT2D eigenvalue weighted by atomic mass is 32.1. The number of thiazole rings is 1. The Morgan fingerprint density at radius 3 is 2.44 bits per heavy atom. The average Bonchev–Trinajstić information content (AvgIpc) is 3.42. The fourth-order valence-corrected chi connectivity index (χ4v) is 6.58. The molecule has 0 spiro atoms. The molecule has 0 radical (unpaired) electrons. The molecule has 3 fully saturated rings. The van der Waals surface area contributed by atoms with Gasteiger partial charge in [0.15, 0.2) is 5.01 Å². The summed E-state index contributed by atoms with van der Waals surface area (Å²) in [4.78, 5) is 30.2. The van der Waals surface area contributed by atoms with Crippen LogP contribution in [0, 0.1) is 11.8 Å². The maximum atomic E-state index is 13.1. The molecular formula is C29H38N2O4S. The van der Waals surface area contributed by atoms with Crippen LogP contribution in [0.15, 0.2) is 18.2 Å². The van der Waals surface area contributed by atoms with Crippen molar-refractivity contribution in [1.82, 2.24) is 10.3 Å². The number of rotatable bonds is 8. The van der Waals surface area contributed by atoms with Crippen LogP contribution in [0.5, 0.6) is 0 Å². The summed E-state index contributed by atoms with van der Waals surface area (Å²) in [7, 11) is 0. The zero-order valence-electron chi connectivity index (χ0n) is 21.6. The van der Waals surface area contributed by atoms with Gasteiger partial charge in [-0.1, -0.05) is 45.1 Å². The molecule has 0 bridgehead atoms. The molecule has 1 heterocycles. The van der Waals surface area contributed by atoms with Crippen molar-refractivity contribution in [2.45, 2.75) is 102 Å². The van der Waals surface area contributed by atoms with Crippen LogP contribution in [-0.2, 0) is 22.2 Å². The number of carbonyl (C=O) groups is 2. The van der Waals surface area contributed by atoms with Gasteiger partial charge in [-0.25, -0.2) is 4.98 Å². The van der Waals surface area contributed by atoms with Gasteiger partial charge in [-0.15, -0.1) is 11.3 Å². The van der Waals surface area contributed by atoms with Crippen LogP contribution < -0.4 is 5.32 Å². The highest BCUT2D eigenvalue weighted by Gasteiger charge is 2.40. The summed E-state index contributed by atoms with van der Waals surface area (Å²) in [6.07, 6.45) is 10.3. The van der Waals surface area contributed by atoms with Crippen molar-refractivity contribution >= 4 is 23.2 Å². The second-order valence-electron chi connectivity index (χ2n) is 12.1. The minimum Gasteiger partial charge on any atom is -0.481 e. The van der Waals surface area contributed by atoms with E-state index in [2.05, 4.69) is 30.4 Å². The molecule has 1 amide bonds. The predicted molar refractivity (Wildman–Crippen MR) is 141 cm³/mol. The van der Waals surface area contributed by atoms with Crippen LogP contribution in [0.3, 0.4) is 0 Å². The Kier molecular flexibility index (Phi) is 6.75. The molecule has 1 aromatic heterocycles. The highest BCUT2D eigenvalue weighted by molar-refractivity contribution is 7.17. The Morgan fingerprint density at radius 1 is 1.14 bits per heavy atom. The first-order chi connectivity index (χ1) is 17.0. The van der Waals surface area contributed by atoms with Crippen LogP contribution in [0.2, 0.25) is 0 Å². The van der Waals surface area contributed by atoms with Crippen molar-refractivity contribution in [2.75, 3.05) is 0 Å². The SMILES string of the molecule is CC(C)(O)c1cc(-c2sc(C(=O)N[C@H]3C[C@@H](C(=O)O)C3)nc2CC2CCCCC2)cc(C2(C)CC2)c1. The lowest BCUT2D eigenvalue weighted by molar-refractivity contribution is -0.145. The Labute approximate surface area is 217 Å². The number of carbonyl (C=O) groups excluding carboxylic acids is 1. The van der Waals surface area contributed by atoms with Gasteiger partial charge in [-0.2, -0.15) is 0 Å². The number of benzene rings is 1. The van der Waals surface area contributed by atoms with E-state index in [9.17, 15) is 14.7 Å². The molecule has 3 aliphatic rings. The molecule has 0 aliphatic heterocycles. The zero-order chi connectivity index (χ0) is 25.7. The van der Waals surface area contributed by atoms with Gasteiger partial charge in [0, 0.05) is 6.04 Å². The van der Waals surface area contributed by atoms with Gasteiger partial charge in [0.25, 0.3) is 5.91 Å². The topological polar surface area (TPSA) is 99.5 Å². The van der Waals surface area contributed by atoms with Crippen LogP contribution >= 0.6 is 11.3 Å². The van der Waals surface area contributed by atoms with Crippen molar-refractivity contribution in [1.29, 1.82) is 0 Å². The molecular weight excluding hydrogens is 472 g/mol. The van der Waals surface area contributed by atoms with E-state index in [1.54, 1.807) is 0 Å². The van der Waals surface area contributed by atoms with Crippen molar-refractivity contribution in [3.8, 4) is 10.4 Å². The largest absolute Gasteiger partial charge is 0.481 e. The molecule has 3 N–H and O–H groups in total. The summed E-state index contributed by atoms with van der Waals surface area (Å²) in [6.45, 7) is 5.92. The number of hydrogen-bond donors (Lipinski definition) is 3. The molecule has 3 aliphatic carbocycles. The quantitative estimate of drug-likeness (QED) is 0.416.